The normalized spacial score (nSPS) is 20.6. The number of fused-ring (bicyclic) bond motifs is 1. The van der Waals surface area contributed by atoms with Crippen LogP contribution in [-0.4, -0.2) is 122 Å². The summed E-state index contributed by atoms with van der Waals surface area (Å²) in [5.74, 6) is -1.20. The molecule has 44 heavy (non-hydrogen) atoms. The van der Waals surface area contributed by atoms with Gasteiger partial charge in [-0.3, -0.25) is 24.4 Å². The van der Waals surface area contributed by atoms with Gasteiger partial charge < -0.3 is 24.7 Å². The van der Waals surface area contributed by atoms with Gasteiger partial charge in [-0.25, -0.2) is 4.79 Å². The molecule has 1 aromatic heterocycles. The molecule has 3 aliphatic heterocycles. The first-order chi connectivity index (χ1) is 21.0. The lowest BCUT2D eigenvalue weighted by Gasteiger charge is -2.43. The maximum absolute atomic E-state index is 14.0. The lowest BCUT2D eigenvalue weighted by atomic mass is 9.85. The Balaban J connectivity index is 1.19. The van der Waals surface area contributed by atoms with Gasteiger partial charge >= 0.3 is 12.3 Å². The number of nitrogens with zero attached hydrogens (tertiary/aromatic N) is 6. The first-order valence-electron chi connectivity index (χ1n) is 14.2. The van der Waals surface area contributed by atoms with E-state index in [4.69, 9.17) is 0 Å². The molecule has 3 aromatic rings. The second-order valence-electron chi connectivity index (χ2n) is 11.3. The van der Waals surface area contributed by atoms with E-state index < -0.39 is 49.4 Å². The number of nitrogens with one attached hydrogen (secondary N) is 1. The molecule has 15 heteroatoms. The van der Waals surface area contributed by atoms with Crippen molar-refractivity contribution in [3.63, 3.8) is 0 Å². The monoisotopic (exact) mass is 613 g/mol. The Bertz CT molecular complexity index is 1590. The molecular formula is C29H30F3N7O5. The topological polar surface area (TPSA) is 133 Å². The van der Waals surface area contributed by atoms with Crippen LogP contribution in [0, 0.1) is 0 Å². The van der Waals surface area contributed by atoms with Gasteiger partial charge in [0.2, 0.25) is 5.91 Å². The summed E-state index contributed by atoms with van der Waals surface area (Å²) in [6.07, 6.45) is -4.35. The van der Waals surface area contributed by atoms with Crippen molar-refractivity contribution in [2.75, 3.05) is 50.8 Å². The fourth-order valence-corrected chi connectivity index (χ4v) is 6.44. The van der Waals surface area contributed by atoms with Gasteiger partial charge in [-0.05, 0) is 43.2 Å². The van der Waals surface area contributed by atoms with Crippen molar-refractivity contribution in [3.8, 4) is 0 Å². The number of carboxylic acid groups (broad SMARTS) is 1. The van der Waals surface area contributed by atoms with Crippen molar-refractivity contribution < 1.29 is 37.5 Å². The molecule has 4 heterocycles. The van der Waals surface area contributed by atoms with Crippen LogP contribution in [0.2, 0.25) is 0 Å². The van der Waals surface area contributed by atoms with Gasteiger partial charge in [0.15, 0.2) is 0 Å². The van der Waals surface area contributed by atoms with E-state index in [1.165, 1.54) is 4.90 Å². The maximum atomic E-state index is 14.0. The zero-order valence-corrected chi connectivity index (χ0v) is 23.5. The summed E-state index contributed by atoms with van der Waals surface area (Å²) in [5, 5.41) is 16.9. The minimum atomic E-state index is -4.86. The smallest absolute Gasteiger partial charge is 0.410 e. The van der Waals surface area contributed by atoms with Gasteiger partial charge in [0.05, 0.1) is 24.9 Å². The zero-order chi connectivity index (χ0) is 31.2. The highest BCUT2D eigenvalue weighted by atomic mass is 19.4. The number of hydrogen-bond donors (Lipinski definition) is 2. The molecule has 1 atom stereocenters. The van der Waals surface area contributed by atoms with Gasteiger partial charge in [-0.2, -0.15) is 18.3 Å². The first kappa shape index (κ1) is 29.3. The quantitative estimate of drug-likeness (QED) is 0.462. The van der Waals surface area contributed by atoms with Crippen molar-refractivity contribution in [3.05, 3.63) is 60.3 Å². The fourth-order valence-electron chi connectivity index (χ4n) is 6.44. The van der Waals surface area contributed by atoms with E-state index in [1.807, 2.05) is 35.2 Å². The molecule has 6 rings (SSSR count). The number of benzene rings is 2. The molecule has 2 N–H and O–H groups in total. The number of H-pyrrole nitrogens is 1. The summed E-state index contributed by atoms with van der Waals surface area (Å²) in [5.41, 5.74) is 0.998. The Morgan fingerprint density at radius 3 is 2.41 bits per heavy atom. The van der Waals surface area contributed by atoms with Crippen LogP contribution in [0.4, 0.5) is 23.7 Å². The lowest BCUT2D eigenvalue weighted by molar-refractivity contribution is -0.192. The second-order valence-corrected chi connectivity index (χ2v) is 11.3. The predicted molar refractivity (Wildman–Crippen MR) is 151 cm³/mol. The summed E-state index contributed by atoms with van der Waals surface area (Å²) in [4.78, 5) is 58.2. The van der Waals surface area contributed by atoms with E-state index in [1.54, 1.807) is 29.3 Å². The number of rotatable bonds is 4. The highest BCUT2D eigenvalue weighted by Crippen LogP contribution is 2.40. The first-order valence-corrected chi connectivity index (χ1v) is 14.2. The molecule has 0 radical (unpaired) electrons. The number of piperazine rings is 1. The number of para-hydroxylation sites is 1. The van der Waals surface area contributed by atoms with Crippen molar-refractivity contribution in [2.24, 2.45) is 0 Å². The van der Waals surface area contributed by atoms with Crippen molar-refractivity contribution in [2.45, 2.75) is 30.6 Å². The molecule has 232 valence electrons. The minimum absolute atomic E-state index is 0.0392. The third-order valence-corrected chi connectivity index (χ3v) is 8.83. The lowest BCUT2D eigenvalue weighted by Crippen LogP contribution is -2.62. The maximum Gasteiger partial charge on any atom is 0.410 e. The van der Waals surface area contributed by atoms with Gasteiger partial charge in [0.1, 0.15) is 18.1 Å². The van der Waals surface area contributed by atoms with E-state index in [0.29, 0.717) is 23.3 Å². The number of amides is 4. The molecule has 0 bridgehead atoms. The Kier molecular flexibility index (Phi) is 7.33. The Morgan fingerprint density at radius 1 is 1.00 bits per heavy atom. The molecule has 3 aliphatic rings. The number of aromatic nitrogens is 2. The average Bonchev–Trinajstić information content (AvgIpc) is 3.59. The number of anilines is 1. The van der Waals surface area contributed by atoms with E-state index in [9.17, 15) is 37.5 Å². The SMILES string of the molecule is O=C(CN1CN(c2ccccc2)C2(CCN(C(=O)c3ccc4[nH]ncc4c3)CC2)C1=O)N1CCN(C(=O)O)[C@H](C(F)(F)F)C1. The largest absolute Gasteiger partial charge is 0.465 e. The summed E-state index contributed by atoms with van der Waals surface area (Å²) in [6, 6.07) is 12.1. The molecule has 2 aromatic carbocycles. The van der Waals surface area contributed by atoms with Crippen LogP contribution in [0.1, 0.15) is 23.2 Å². The minimum Gasteiger partial charge on any atom is -0.465 e. The molecule has 3 fully saturated rings. The van der Waals surface area contributed by atoms with Crippen LogP contribution in [0.15, 0.2) is 54.7 Å². The Hall–Kier alpha value is -4.82. The Morgan fingerprint density at radius 2 is 1.73 bits per heavy atom. The predicted octanol–water partition coefficient (Wildman–Crippen LogP) is 2.60. The standard InChI is InChI=1S/C29H30F3N7O5/c30-29(31,32)23-16-36(12-13-38(23)27(43)44)24(40)17-37-18-39(21-4-2-1-3-5-21)28(26(37)42)8-10-35(11-9-28)25(41)19-6-7-22-20(14-19)15-33-34-22/h1-7,14-15,23H,8-13,16-18H2,(H,33,34)(H,43,44)/t23-/m0/s1. The van der Waals surface area contributed by atoms with Gasteiger partial charge in [-0.15, -0.1) is 0 Å². The summed E-state index contributed by atoms with van der Waals surface area (Å²) >= 11 is 0. The summed E-state index contributed by atoms with van der Waals surface area (Å²) < 4.78 is 40.9. The van der Waals surface area contributed by atoms with Crippen molar-refractivity contribution in [1.29, 1.82) is 0 Å². The molecular weight excluding hydrogens is 583 g/mol. The third kappa shape index (κ3) is 5.15. The van der Waals surface area contributed by atoms with Crippen molar-refractivity contribution in [1.82, 2.24) is 29.8 Å². The van der Waals surface area contributed by atoms with Crippen LogP contribution in [0.5, 0.6) is 0 Å². The molecule has 0 saturated carbocycles. The third-order valence-electron chi connectivity index (χ3n) is 8.83. The van der Waals surface area contributed by atoms with E-state index in [2.05, 4.69) is 10.2 Å². The van der Waals surface area contributed by atoms with Gasteiger partial charge in [0.25, 0.3) is 11.8 Å². The number of aromatic amines is 1. The summed E-state index contributed by atoms with van der Waals surface area (Å²) in [7, 11) is 0. The van der Waals surface area contributed by atoms with E-state index >= 15 is 0 Å². The summed E-state index contributed by atoms with van der Waals surface area (Å²) in [6.45, 7) is -1.39. The van der Waals surface area contributed by atoms with Crippen LogP contribution >= 0.6 is 0 Å². The zero-order valence-electron chi connectivity index (χ0n) is 23.5. The number of carbonyl (C=O) groups is 4. The van der Waals surface area contributed by atoms with Crippen LogP contribution in [0.25, 0.3) is 10.9 Å². The van der Waals surface area contributed by atoms with E-state index in [-0.39, 0.29) is 38.1 Å². The number of alkyl halides is 3. The molecule has 3 saturated heterocycles. The molecule has 4 amide bonds. The average molecular weight is 614 g/mol. The number of hydrogen-bond acceptors (Lipinski definition) is 6. The van der Waals surface area contributed by atoms with Crippen molar-refractivity contribution >= 4 is 40.4 Å². The number of halogens is 3. The second kappa shape index (κ2) is 11.0. The number of piperidine rings is 1. The molecule has 12 nitrogen and oxygen atoms in total. The highest BCUT2D eigenvalue weighted by molar-refractivity contribution is 5.99. The van der Waals surface area contributed by atoms with Crippen LogP contribution < -0.4 is 4.90 Å². The molecule has 0 aliphatic carbocycles. The van der Waals surface area contributed by atoms with Gasteiger partial charge in [0, 0.05) is 42.8 Å². The van der Waals surface area contributed by atoms with E-state index in [0.717, 1.165) is 21.5 Å². The number of likely N-dealkylation sites (tertiary alicyclic amines) is 1. The molecule has 1 spiro atoms. The fraction of sp³-hybridized carbons (Fsp3) is 0.414. The van der Waals surface area contributed by atoms with Crippen LogP contribution in [-0.2, 0) is 9.59 Å². The molecule has 0 unspecified atom stereocenters. The Labute approximate surface area is 249 Å². The van der Waals surface area contributed by atoms with Gasteiger partial charge in [-0.1, -0.05) is 18.2 Å². The van der Waals surface area contributed by atoms with Crippen LogP contribution in [0.3, 0.4) is 0 Å². The number of carbonyl (C=O) groups excluding carboxylic acids is 3. The highest BCUT2D eigenvalue weighted by Gasteiger charge is 2.55.